The second kappa shape index (κ2) is 5.28. The van der Waals surface area contributed by atoms with Crippen molar-refractivity contribution < 1.29 is 9.84 Å². The summed E-state index contributed by atoms with van der Waals surface area (Å²) in [5, 5.41) is 13.0. The Kier molecular flexibility index (Phi) is 3.63. The molecule has 2 aromatic carbocycles. The predicted molar refractivity (Wildman–Crippen MR) is 83.2 cm³/mol. The first-order valence-electron chi connectivity index (χ1n) is 6.21. The molecule has 0 aromatic heterocycles. The van der Waals surface area contributed by atoms with Crippen LogP contribution in [0.2, 0.25) is 5.02 Å². The molecule has 0 radical (unpaired) electrons. The maximum absolute atomic E-state index is 9.22. The van der Waals surface area contributed by atoms with Crippen molar-refractivity contribution in [2.24, 2.45) is 0 Å². The Balaban J connectivity index is 1.98. The van der Waals surface area contributed by atoms with E-state index in [1.807, 2.05) is 31.2 Å². The number of benzene rings is 2. The zero-order valence-corrected chi connectivity index (χ0v) is 13.1. The zero-order chi connectivity index (χ0) is 14.3. The summed E-state index contributed by atoms with van der Waals surface area (Å²) in [6, 6.07) is 9.57. The lowest BCUT2D eigenvalue weighted by Crippen LogP contribution is -2.11. The molecule has 2 N–H and O–H groups in total. The number of nitrogens with one attached hydrogen (secondary N) is 1. The number of aliphatic hydroxyl groups is 1. The summed E-state index contributed by atoms with van der Waals surface area (Å²) < 4.78 is 6.95. The van der Waals surface area contributed by atoms with Crippen molar-refractivity contribution in [2.45, 2.75) is 19.8 Å². The molecule has 20 heavy (non-hydrogen) atoms. The van der Waals surface area contributed by atoms with Gasteiger partial charge in [0.15, 0.2) is 12.0 Å². The molecule has 0 bridgehead atoms. The third-order valence-corrected chi connectivity index (χ3v) is 4.54. The van der Waals surface area contributed by atoms with E-state index in [1.54, 1.807) is 6.07 Å². The molecule has 104 valence electrons. The normalized spacial score (nSPS) is 16.5. The van der Waals surface area contributed by atoms with Crippen LogP contribution in [-0.4, -0.2) is 5.11 Å². The lowest BCUT2D eigenvalue weighted by molar-refractivity contribution is 0.259. The van der Waals surface area contributed by atoms with E-state index in [1.165, 1.54) is 0 Å². The van der Waals surface area contributed by atoms with Crippen molar-refractivity contribution >= 4 is 33.2 Å². The van der Waals surface area contributed by atoms with Crippen LogP contribution in [0, 0.1) is 6.92 Å². The minimum Gasteiger partial charge on any atom is -0.463 e. The molecular weight excluding hydrogens is 342 g/mol. The summed E-state index contributed by atoms with van der Waals surface area (Å²) in [4.78, 5) is 0. The average Bonchev–Trinajstić information content (AvgIpc) is 2.86. The number of hydrogen-bond donors (Lipinski definition) is 2. The van der Waals surface area contributed by atoms with Crippen LogP contribution < -0.4 is 10.1 Å². The van der Waals surface area contributed by atoms with Gasteiger partial charge in [-0.2, -0.15) is 0 Å². The summed E-state index contributed by atoms with van der Waals surface area (Å²) in [6.07, 6.45) is -0.269. The van der Waals surface area contributed by atoms with Gasteiger partial charge >= 0.3 is 0 Å². The summed E-state index contributed by atoms with van der Waals surface area (Å²) in [6.45, 7) is 1.99. The molecule has 3 rings (SSSR count). The van der Waals surface area contributed by atoms with E-state index in [-0.39, 0.29) is 12.8 Å². The lowest BCUT2D eigenvalue weighted by Gasteiger charge is -2.15. The van der Waals surface area contributed by atoms with Gasteiger partial charge in [-0.15, -0.1) is 0 Å². The minimum absolute atomic E-state index is 0.0464. The molecule has 1 aliphatic heterocycles. The number of fused-ring (bicyclic) bond motifs is 1. The van der Waals surface area contributed by atoms with Gasteiger partial charge in [-0.25, -0.2) is 0 Å². The maximum Gasteiger partial charge on any atom is 0.197 e. The molecule has 1 heterocycles. The van der Waals surface area contributed by atoms with Gasteiger partial charge in [0.2, 0.25) is 0 Å². The van der Waals surface area contributed by atoms with Gasteiger partial charge in [-0.05, 0) is 36.2 Å². The highest BCUT2D eigenvalue weighted by Crippen LogP contribution is 2.44. The van der Waals surface area contributed by atoms with Crippen molar-refractivity contribution in [2.75, 3.05) is 5.32 Å². The average molecular weight is 355 g/mol. The summed E-state index contributed by atoms with van der Waals surface area (Å²) in [5.74, 6) is 0.633. The van der Waals surface area contributed by atoms with E-state index < -0.39 is 0 Å². The number of anilines is 1. The van der Waals surface area contributed by atoms with Gasteiger partial charge < -0.3 is 15.2 Å². The highest BCUT2D eigenvalue weighted by molar-refractivity contribution is 9.10. The molecule has 1 aliphatic rings. The van der Waals surface area contributed by atoms with E-state index in [4.69, 9.17) is 16.3 Å². The molecule has 0 aliphatic carbocycles. The number of ether oxygens (including phenoxy) is 1. The summed E-state index contributed by atoms with van der Waals surface area (Å²) >= 11 is 9.72. The van der Waals surface area contributed by atoms with Crippen molar-refractivity contribution in [3.63, 3.8) is 0 Å². The van der Waals surface area contributed by atoms with Crippen molar-refractivity contribution in [1.29, 1.82) is 0 Å². The van der Waals surface area contributed by atoms with Gasteiger partial charge in [0, 0.05) is 10.0 Å². The Bertz CT molecular complexity index is 675. The Morgan fingerprint density at radius 1 is 1.40 bits per heavy atom. The van der Waals surface area contributed by atoms with Crippen LogP contribution in [0.1, 0.15) is 22.9 Å². The standard InChI is InChI=1S/C15H13BrClNO2/c1-8-10(3-2-4-11(8)16)15-18-13-6-9(7-19)5-12(17)14(13)20-15/h2-6,15,18-19H,7H2,1H3. The van der Waals surface area contributed by atoms with Crippen LogP contribution in [0.5, 0.6) is 5.75 Å². The van der Waals surface area contributed by atoms with Crippen molar-refractivity contribution in [1.82, 2.24) is 0 Å². The molecule has 0 saturated heterocycles. The smallest absolute Gasteiger partial charge is 0.197 e. The third-order valence-electron chi connectivity index (χ3n) is 3.40. The Morgan fingerprint density at radius 2 is 2.20 bits per heavy atom. The van der Waals surface area contributed by atoms with Crippen LogP contribution in [0.15, 0.2) is 34.8 Å². The number of halogens is 2. The van der Waals surface area contributed by atoms with Gasteiger partial charge in [0.25, 0.3) is 0 Å². The Labute approximate surface area is 130 Å². The predicted octanol–water partition coefficient (Wildman–Crippen LogP) is 4.41. The number of aliphatic hydroxyl groups excluding tert-OH is 1. The first-order chi connectivity index (χ1) is 9.60. The minimum atomic E-state index is -0.269. The first kappa shape index (κ1) is 13.7. The molecule has 2 aromatic rings. The molecular formula is C15H13BrClNO2. The number of hydrogen-bond acceptors (Lipinski definition) is 3. The molecule has 0 spiro atoms. The van der Waals surface area contributed by atoms with Crippen molar-refractivity contribution in [3.05, 3.63) is 56.5 Å². The first-order valence-corrected chi connectivity index (χ1v) is 7.38. The monoisotopic (exact) mass is 353 g/mol. The molecule has 1 atom stereocenters. The summed E-state index contributed by atoms with van der Waals surface area (Å²) in [7, 11) is 0. The zero-order valence-electron chi connectivity index (χ0n) is 10.8. The fourth-order valence-corrected chi connectivity index (χ4v) is 2.97. The van der Waals surface area contributed by atoms with Crippen LogP contribution in [0.3, 0.4) is 0 Å². The van der Waals surface area contributed by atoms with Gasteiger partial charge in [0.05, 0.1) is 17.3 Å². The SMILES string of the molecule is Cc1c(Br)cccc1C1Nc2cc(CO)cc(Cl)c2O1. The van der Waals surface area contributed by atoms with Crippen LogP contribution in [0.4, 0.5) is 5.69 Å². The Morgan fingerprint density at radius 3 is 2.95 bits per heavy atom. The highest BCUT2D eigenvalue weighted by Gasteiger charge is 2.27. The molecule has 0 amide bonds. The quantitative estimate of drug-likeness (QED) is 0.839. The fraction of sp³-hybridized carbons (Fsp3) is 0.200. The molecule has 3 nitrogen and oxygen atoms in total. The lowest BCUT2D eigenvalue weighted by atomic mass is 10.1. The van der Waals surface area contributed by atoms with Crippen LogP contribution in [-0.2, 0) is 6.61 Å². The van der Waals surface area contributed by atoms with E-state index >= 15 is 0 Å². The second-order valence-corrected chi connectivity index (χ2v) is 5.97. The molecule has 0 fully saturated rings. The number of rotatable bonds is 2. The highest BCUT2D eigenvalue weighted by atomic mass is 79.9. The third kappa shape index (κ3) is 2.28. The van der Waals surface area contributed by atoms with E-state index in [0.717, 1.165) is 26.9 Å². The van der Waals surface area contributed by atoms with Crippen molar-refractivity contribution in [3.8, 4) is 5.75 Å². The van der Waals surface area contributed by atoms with Crippen LogP contribution in [0.25, 0.3) is 0 Å². The Hall–Kier alpha value is -1.23. The molecule has 1 unspecified atom stereocenters. The largest absolute Gasteiger partial charge is 0.463 e. The molecule has 0 saturated carbocycles. The van der Waals surface area contributed by atoms with E-state index in [2.05, 4.69) is 21.2 Å². The maximum atomic E-state index is 9.22. The van der Waals surface area contributed by atoms with Gasteiger partial charge in [-0.3, -0.25) is 0 Å². The van der Waals surface area contributed by atoms with E-state index in [9.17, 15) is 5.11 Å². The van der Waals surface area contributed by atoms with Crippen LogP contribution >= 0.6 is 27.5 Å². The molecule has 5 heteroatoms. The summed E-state index contributed by atoms with van der Waals surface area (Å²) in [5.41, 5.74) is 3.75. The van der Waals surface area contributed by atoms with E-state index in [0.29, 0.717) is 10.8 Å². The fourth-order valence-electron chi connectivity index (χ4n) is 2.31. The topological polar surface area (TPSA) is 41.5 Å². The van der Waals surface area contributed by atoms with Gasteiger partial charge in [-0.1, -0.05) is 39.7 Å². The second-order valence-electron chi connectivity index (χ2n) is 4.71. The van der Waals surface area contributed by atoms with Gasteiger partial charge in [0.1, 0.15) is 0 Å².